The smallest absolute Gasteiger partial charge is 0.274 e. The zero-order valence-corrected chi connectivity index (χ0v) is 33.4. The number of phenolic OH excluding ortho intramolecular Hbond substituents is 1. The molecule has 0 aliphatic rings. The van der Waals surface area contributed by atoms with Crippen molar-refractivity contribution in [1.82, 2.24) is 30.4 Å². The van der Waals surface area contributed by atoms with Gasteiger partial charge >= 0.3 is 0 Å². The lowest BCUT2D eigenvalue weighted by atomic mass is 10.1. The first-order chi connectivity index (χ1) is 27.5. The molecule has 0 saturated carbocycles. The molecule has 13 heteroatoms. The third-order valence-corrected chi connectivity index (χ3v) is 13.0. The second-order valence-electron chi connectivity index (χ2n) is 13.6. The molecule has 0 spiro atoms. The number of H-pyrrole nitrogens is 4. The predicted molar refractivity (Wildman–Crippen MR) is 234 cm³/mol. The van der Waals surface area contributed by atoms with Gasteiger partial charge in [-0.3, -0.25) is 14.8 Å². The molecule has 0 aliphatic heterocycles. The molecule has 0 bridgehead atoms. The average Bonchev–Trinajstić information content (AvgIpc) is 4.02. The van der Waals surface area contributed by atoms with E-state index in [4.69, 9.17) is 15.8 Å². The molecule has 0 saturated heterocycles. The normalized spacial score (nSPS) is 13.3. The lowest BCUT2D eigenvalue weighted by Crippen LogP contribution is -2.07. The van der Waals surface area contributed by atoms with E-state index in [2.05, 4.69) is 54.6 Å². The minimum atomic E-state index is -2.98. The van der Waals surface area contributed by atoms with Gasteiger partial charge in [0.2, 0.25) is 0 Å². The lowest BCUT2D eigenvalue weighted by Gasteiger charge is -2.15. The first-order valence-corrected chi connectivity index (χ1v) is 23.1. The zero-order chi connectivity index (χ0) is 39.6. The molecule has 5 N–H and O–H groups in total. The van der Waals surface area contributed by atoms with Gasteiger partial charge in [-0.05, 0) is 84.0 Å². The Kier molecular flexibility index (Phi) is 10.3. The van der Waals surface area contributed by atoms with Gasteiger partial charge < -0.3 is 24.2 Å². The van der Waals surface area contributed by atoms with Crippen molar-refractivity contribution in [2.45, 2.75) is 0 Å². The highest BCUT2D eigenvalue weighted by molar-refractivity contribution is 7.94. The summed E-state index contributed by atoms with van der Waals surface area (Å²) in [6, 6.07) is 49.5. The number of hydrogen-bond donors (Lipinski definition) is 5. The summed E-state index contributed by atoms with van der Waals surface area (Å²) >= 11 is 5.61. The number of rotatable bonds is 6. The van der Waals surface area contributed by atoms with Crippen LogP contribution in [-0.2, 0) is 9.13 Å². The maximum atomic E-state index is 13.1. The minimum Gasteiger partial charge on any atom is -0.508 e. The van der Waals surface area contributed by atoms with Crippen LogP contribution in [0.15, 0.2) is 158 Å². The van der Waals surface area contributed by atoms with Gasteiger partial charge in [0.05, 0.1) is 22.4 Å². The fourth-order valence-electron chi connectivity index (χ4n) is 6.51. The molecule has 0 aliphatic carbocycles. The Morgan fingerprint density at radius 3 is 1.53 bits per heavy atom. The van der Waals surface area contributed by atoms with Crippen LogP contribution in [0.4, 0.5) is 0 Å². The van der Waals surface area contributed by atoms with Gasteiger partial charge in [-0.15, -0.1) is 0 Å². The monoisotopic (exact) mass is 810 g/mol. The molecule has 4 aromatic heterocycles. The fourth-order valence-corrected chi connectivity index (χ4v) is 8.89. The summed E-state index contributed by atoms with van der Waals surface area (Å²) in [6.45, 7) is 0.639. The fraction of sp³-hybridized carbons (Fsp3) is 0.0455. The average molecular weight is 811 g/mol. The highest BCUT2D eigenvalue weighted by atomic mass is 35.7. The van der Waals surface area contributed by atoms with Gasteiger partial charge in [0.15, 0.2) is 6.49 Å². The van der Waals surface area contributed by atoms with Gasteiger partial charge in [0, 0.05) is 56.5 Å². The number of halogens is 1. The highest BCUT2D eigenvalue weighted by Crippen LogP contribution is 2.45. The van der Waals surface area contributed by atoms with E-state index in [9.17, 15) is 14.2 Å². The third kappa shape index (κ3) is 8.30. The molecule has 57 heavy (non-hydrogen) atoms. The van der Waals surface area contributed by atoms with Crippen molar-refractivity contribution in [3.05, 3.63) is 158 Å². The molecule has 0 amide bonds. The topological polar surface area (TPSA) is 153 Å². The van der Waals surface area contributed by atoms with Crippen LogP contribution in [0.5, 0.6) is 11.5 Å². The van der Waals surface area contributed by atoms with E-state index >= 15 is 0 Å². The van der Waals surface area contributed by atoms with Crippen LogP contribution < -0.4 is 15.1 Å². The quantitative estimate of drug-likeness (QED) is 0.105. The van der Waals surface area contributed by atoms with Crippen molar-refractivity contribution in [1.29, 1.82) is 0 Å². The SMILES string of the molecule is CP(=O)(Cl)c1ccccc1.CP(=O)(Oc1ccc2[nH]nc(-c3cc4ccccc4[nH]3)c2c1)c1ccccc1.Oc1ccc2[nH]nc(-c3cc4ccccc4[nH]3)c2c1. The van der Waals surface area contributed by atoms with Crippen LogP contribution in [0, 0.1) is 0 Å². The van der Waals surface area contributed by atoms with Gasteiger partial charge in [0.1, 0.15) is 22.9 Å². The first kappa shape index (κ1) is 37.6. The molecular formula is C44H37ClN6O4P2. The summed E-state index contributed by atoms with van der Waals surface area (Å²) in [7, 11) is -2.98. The number of nitrogens with zero attached hydrogens (tertiary/aromatic N) is 2. The van der Waals surface area contributed by atoms with Crippen LogP contribution in [0.2, 0.25) is 0 Å². The standard InChI is InChI=1S/C22H18N3O2P.C15H11N3O.C7H8ClOP/c1-28(26,17-8-3-2-4-9-17)27-16-11-12-20-18(14-16)22(25-24-20)21-13-15-7-5-6-10-19(15)23-21;19-10-5-6-13-11(8-10)15(18-17-13)14-7-9-3-1-2-4-12(9)16-14;1-10(8,9)7-5-3-2-4-6-7/h2-14,23H,1H3,(H,24,25);1-8,16,19H,(H,17,18);2-6H,1H3. The number of aromatic amines is 4. The Morgan fingerprint density at radius 1 is 0.544 bits per heavy atom. The molecule has 6 aromatic carbocycles. The van der Waals surface area contributed by atoms with E-state index in [1.165, 1.54) is 0 Å². The highest BCUT2D eigenvalue weighted by Gasteiger charge is 2.21. The second-order valence-corrected chi connectivity index (χ2v) is 20.0. The molecule has 0 fully saturated rings. The molecule has 10 nitrogen and oxygen atoms in total. The zero-order valence-electron chi connectivity index (χ0n) is 30.8. The number of hydrogen-bond acceptors (Lipinski definition) is 6. The van der Waals surface area contributed by atoms with Crippen LogP contribution in [0.3, 0.4) is 0 Å². The molecule has 2 unspecified atom stereocenters. The van der Waals surface area contributed by atoms with E-state index in [1.54, 1.807) is 37.6 Å². The van der Waals surface area contributed by atoms with Crippen molar-refractivity contribution in [3.8, 4) is 34.3 Å². The van der Waals surface area contributed by atoms with Gasteiger partial charge in [-0.2, -0.15) is 10.2 Å². The number of fused-ring (bicyclic) bond motifs is 4. The molecule has 10 rings (SSSR count). The maximum Gasteiger partial charge on any atom is 0.274 e. The Bertz CT molecular complexity index is 3010. The molecule has 2 atom stereocenters. The van der Waals surface area contributed by atoms with Crippen LogP contribution >= 0.6 is 25.1 Å². The third-order valence-electron chi connectivity index (χ3n) is 9.37. The Morgan fingerprint density at radius 2 is 1.02 bits per heavy atom. The number of phenols is 1. The van der Waals surface area contributed by atoms with Gasteiger partial charge in [-0.1, -0.05) is 84.9 Å². The molecular weight excluding hydrogens is 774 g/mol. The first-order valence-electron chi connectivity index (χ1n) is 18.0. The number of aromatic hydroxyl groups is 1. The van der Waals surface area contributed by atoms with Crippen LogP contribution in [0.1, 0.15) is 0 Å². The summed E-state index contributed by atoms with van der Waals surface area (Å²) in [4.78, 5) is 6.75. The molecule has 10 aromatic rings. The van der Waals surface area contributed by atoms with Crippen LogP contribution in [0.25, 0.3) is 66.4 Å². The maximum absolute atomic E-state index is 13.1. The minimum absolute atomic E-state index is 0.242. The van der Waals surface area contributed by atoms with Gasteiger partial charge in [-0.25, -0.2) is 0 Å². The molecule has 284 valence electrons. The van der Waals surface area contributed by atoms with Crippen molar-refractivity contribution in [3.63, 3.8) is 0 Å². The molecule has 0 radical (unpaired) electrons. The predicted octanol–water partition coefficient (Wildman–Crippen LogP) is 11.2. The van der Waals surface area contributed by atoms with Crippen molar-refractivity contribution >= 4 is 79.3 Å². The summed E-state index contributed by atoms with van der Waals surface area (Å²) in [6.07, 6.45) is 0. The lowest BCUT2D eigenvalue weighted by molar-refractivity contribution is 0.476. The summed E-state index contributed by atoms with van der Waals surface area (Å²) < 4.78 is 30.2. The largest absolute Gasteiger partial charge is 0.508 e. The number of para-hydroxylation sites is 2. The Balaban J connectivity index is 0.000000135. The van der Waals surface area contributed by atoms with Crippen LogP contribution in [-0.4, -0.2) is 48.8 Å². The summed E-state index contributed by atoms with van der Waals surface area (Å²) in [5, 5.41) is 30.0. The van der Waals surface area contributed by atoms with Crippen molar-refractivity contribution in [2.24, 2.45) is 0 Å². The summed E-state index contributed by atoms with van der Waals surface area (Å²) in [5.41, 5.74) is 7.44. The second kappa shape index (κ2) is 15.7. The van der Waals surface area contributed by atoms with Gasteiger partial charge in [0.25, 0.3) is 7.37 Å². The van der Waals surface area contributed by atoms with E-state index < -0.39 is 13.9 Å². The number of aromatic nitrogens is 6. The van der Waals surface area contributed by atoms with Crippen molar-refractivity contribution < 1.29 is 18.8 Å². The number of benzene rings is 6. The summed E-state index contributed by atoms with van der Waals surface area (Å²) in [5.74, 6) is 0.798. The Labute approximate surface area is 332 Å². The van der Waals surface area contributed by atoms with E-state index in [0.29, 0.717) is 11.1 Å². The van der Waals surface area contributed by atoms with Crippen molar-refractivity contribution in [2.75, 3.05) is 13.3 Å². The van der Waals surface area contributed by atoms with E-state index in [0.717, 1.165) is 71.7 Å². The Hall–Kier alpha value is -6.31. The molecule has 4 heterocycles. The van der Waals surface area contributed by atoms with E-state index in [1.807, 2.05) is 109 Å². The van der Waals surface area contributed by atoms with E-state index in [-0.39, 0.29) is 5.75 Å². The number of nitrogens with one attached hydrogen (secondary N) is 4.